The lowest BCUT2D eigenvalue weighted by Gasteiger charge is -2.54. The molecule has 2 atom stereocenters. The van der Waals surface area contributed by atoms with E-state index in [1.807, 2.05) is 6.20 Å². The summed E-state index contributed by atoms with van der Waals surface area (Å²) in [6, 6.07) is 3.37. The Kier molecular flexibility index (Phi) is 4.22. The van der Waals surface area contributed by atoms with Crippen LogP contribution in [0.15, 0.2) is 12.3 Å². The quantitative estimate of drug-likeness (QED) is 0.876. The zero-order valence-corrected chi connectivity index (χ0v) is 16.2. The van der Waals surface area contributed by atoms with Crippen molar-refractivity contribution in [3.05, 3.63) is 23.5 Å². The molecule has 0 amide bonds. The van der Waals surface area contributed by atoms with Crippen LogP contribution in [0.1, 0.15) is 49.4 Å². The molecule has 1 aromatic rings. The number of nitrogens with zero attached hydrogens (tertiary/aromatic N) is 3. The van der Waals surface area contributed by atoms with Crippen molar-refractivity contribution in [2.75, 3.05) is 40.3 Å². The molecule has 1 aliphatic carbocycles. The van der Waals surface area contributed by atoms with Crippen molar-refractivity contribution in [1.82, 2.24) is 20.1 Å². The first-order chi connectivity index (χ1) is 12.6. The van der Waals surface area contributed by atoms with Crippen molar-refractivity contribution in [1.29, 1.82) is 0 Å². The SMILES string of the molecule is CN(C)CCC1CC[C@@H]2c3c(OC4CC5(CNC5)C4)ccnc3CCN12. The molecule has 5 rings (SSSR count). The molecule has 1 saturated carbocycles. The van der Waals surface area contributed by atoms with Crippen molar-refractivity contribution in [3.8, 4) is 5.75 Å². The minimum Gasteiger partial charge on any atom is -0.490 e. The van der Waals surface area contributed by atoms with Gasteiger partial charge in [0.15, 0.2) is 0 Å². The van der Waals surface area contributed by atoms with Crippen molar-refractivity contribution in [2.45, 2.75) is 56.7 Å². The monoisotopic (exact) mass is 356 g/mol. The smallest absolute Gasteiger partial charge is 0.127 e. The summed E-state index contributed by atoms with van der Waals surface area (Å²) in [6.07, 6.45) is 9.71. The van der Waals surface area contributed by atoms with Gasteiger partial charge < -0.3 is 15.0 Å². The molecular formula is C21H32N4O. The van der Waals surface area contributed by atoms with Crippen molar-refractivity contribution in [2.24, 2.45) is 5.41 Å². The molecule has 4 aliphatic rings. The third-order valence-corrected chi connectivity index (χ3v) is 7.14. The molecule has 0 bridgehead atoms. The van der Waals surface area contributed by atoms with E-state index >= 15 is 0 Å². The van der Waals surface area contributed by atoms with E-state index in [0.29, 0.717) is 17.6 Å². The van der Waals surface area contributed by atoms with Gasteiger partial charge in [0.1, 0.15) is 5.75 Å². The first kappa shape index (κ1) is 17.0. The van der Waals surface area contributed by atoms with E-state index in [1.54, 1.807) is 0 Å². The van der Waals surface area contributed by atoms with E-state index in [-0.39, 0.29) is 0 Å². The molecule has 26 heavy (non-hydrogen) atoms. The van der Waals surface area contributed by atoms with Gasteiger partial charge in [-0.25, -0.2) is 0 Å². The van der Waals surface area contributed by atoms with Crippen molar-refractivity contribution >= 4 is 0 Å². The normalized spacial score (nSPS) is 30.0. The van der Waals surface area contributed by atoms with Gasteiger partial charge in [0.05, 0.1) is 11.8 Å². The molecule has 1 N–H and O–H groups in total. The lowest BCUT2D eigenvalue weighted by molar-refractivity contribution is -0.0505. The summed E-state index contributed by atoms with van der Waals surface area (Å²) >= 11 is 0. The topological polar surface area (TPSA) is 40.6 Å². The Hall–Kier alpha value is -1.17. The molecule has 3 fully saturated rings. The van der Waals surface area contributed by atoms with E-state index in [9.17, 15) is 0 Å². The van der Waals surface area contributed by atoms with Crippen LogP contribution in [0.2, 0.25) is 0 Å². The Morgan fingerprint density at radius 3 is 2.88 bits per heavy atom. The maximum absolute atomic E-state index is 6.52. The summed E-state index contributed by atoms with van der Waals surface area (Å²) < 4.78 is 6.52. The minimum atomic E-state index is 0.407. The average Bonchev–Trinajstić information content (AvgIpc) is 2.97. The lowest BCUT2D eigenvalue weighted by Crippen LogP contribution is -2.62. The predicted molar refractivity (Wildman–Crippen MR) is 103 cm³/mol. The Morgan fingerprint density at radius 2 is 2.15 bits per heavy atom. The summed E-state index contributed by atoms with van der Waals surface area (Å²) in [5.74, 6) is 1.13. The summed E-state index contributed by atoms with van der Waals surface area (Å²) in [6.45, 7) is 4.70. The summed E-state index contributed by atoms with van der Waals surface area (Å²) in [5.41, 5.74) is 3.27. The van der Waals surface area contributed by atoms with Crippen LogP contribution in [0.4, 0.5) is 0 Å². The summed E-state index contributed by atoms with van der Waals surface area (Å²) in [7, 11) is 4.35. The van der Waals surface area contributed by atoms with Crippen LogP contribution in [0, 0.1) is 5.41 Å². The van der Waals surface area contributed by atoms with Gasteiger partial charge in [-0.05, 0) is 58.8 Å². The zero-order chi connectivity index (χ0) is 17.7. The van der Waals surface area contributed by atoms with Gasteiger partial charge in [0, 0.05) is 55.3 Å². The molecular weight excluding hydrogens is 324 g/mol. The standard InChI is InChI=1S/C21H32N4O/c1-24(2)9-6-15-3-4-18-20-17(7-10-25(15)18)23-8-5-19(20)26-16-11-21(12-16)13-22-14-21/h5,8,15-16,18,22H,3-4,6-7,9-14H2,1-2H3/t15?,18-/m1/s1. The molecule has 4 heterocycles. The van der Waals surface area contributed by atoms with Crippen LogP contribution in [-0.2, 0) is 6.42 Å². The Bertz CT molecular complexity index is 664. The van der Waals surface area contributed by atoms with Gasteiger partial charge >= 0.3 is 0 Å². The zero-order valence-electron chi connectivity index (χ0n) is 16.2. The lowest BCUT2D eigenvalue weighted by atomic mass is 9.63. The molecule has 5 nitrogen and oxygen atoms in total. The van der Waals surface area contributed by atoms with Crippen LogP contribution in [-0.4, -0.2) is 67.2 Å². The second kappa shape index (κ2) is 6.47. The first-order valence-corrected chi connectivity index (χ1v) is 10.4. The van der Waals surface area contributed by atoms with Gasteiger partial charge in [0.2, 0.25) is 0 Å². The number of fused-ring (bicyclic) bond motifs is 3. The molecule has 1 aromatic heterocycles. The summed E-state index contributed by atoms with van der Waals surface area (Å²) in [4.78, 5) is 9.78. The maximum atomic E-state index is 6.52. The second-order valence-corrected chi connectivity index (χ2v) is 9.25. The fourth-order valence-electron chi connectivity index (χ4n) is 5.63. The first-order valence-electron chi connectivity index (χ1n) is 10.4. The van der Waals surface area contributed by atoms with Crippen LogP contribution >= 0.6 is 0 Å². The van der Waals surface area contributed by atoms with Crippen molar-refractivity contribution in [3.63, 3.8) is 0 Å². The van der Waals surface area contributed by atoms with Crippen LogP contribution in [0.25, 0.3) is 0 Å². The molecule has 1 unspecified atom stereocenters. The van der Waals surface area contributed by atoms with Gasteiger partial charge in [-0.3, -0.25) is 9.88 Å². The number of hydrogen-bond acceptors (Lipinski definition) is 5. The minimum absolute atomic E-state index is 0.407. The van der Waals surface area contributed by atoms with E-state index in [1.165, 1.54) is 63.0 Å². The van der Waals surface area contributed by atoms with Gasteiger partial charge in [-0.2, -0.15) is 0 Å². The molecule has 2 saturated heterocycles. The fourth-order valence-corrected chi connectivity index (χ4v) is 5.63. The number of rotatable bonds is 5. The highest BCUT2D eigenvalue weighted by Gasteiger charge is 2.50. The largest absolute Gasteiger partial charge is 0.490 e. The number of pyridine rings is 1. The van der Waals surface area contributed by atoms with E-state index < -0.39 is 0 Å². The molecule has 3 aliphatic heterocycles. The summed E-state index contributed by atoms with van der Waals surface area (Å²) in [5, 5.41) is 3.42. The average molecular weight is 357 g/mol. The Labute approximate surface area is 157 Å². The second-order valence-electron chi connectivity index (χ2n) is 9.25. The Morgan fingerprint density at radius 1 is 1.31 bits per heavy atom. The van der Waals surface area contributed by atoms with Crippen molar-refractivity contribution < 1.29 is 4.74 Å². The van der Waals surface area contributed by atoms with E-state index in [2.05, 4.69) is 35.3 Å². The van der Waals surface area contributed by atoms with Crippen LogP contribution < -0.4 is 10.1 Å². The highest BCUT2D eigenvalue weighted by atomic mass is 16.5. The number of nitrogens with one attached hydrogen (secondary N) is 1. The third-order valence-electron chi connectivity index (χ3n) is 7.14. The molecule has 1 spiro atoms. The third kappa shape index (κ3) is 2.85. The number of aromatic nitrogens is 1. The maximum Gasteiger partial charge on any atom is 0.127 e. The molecule has 142 valence electrons. The highest BCUT2D eigenvalue weighted by Crippen LogP contribution is 2.49. The predicted octanol–water partition coefficient (Wildman–Crippen LogP) is 2.23. The molecule has 0 radical (unpaired) electrons. The number of hydrogen-bond donors (Lipinski definition) is 1. The molecule has 5 heteroatoms. The van der Waals surface area contributed by atoms with E-state index in [0.717, 1.165) is 24.8 Å². The fraction of sp³-hybridized carbons (Fsp3) is 0.762. The highest BCUT2D eigenvalue weighted by molar-refractivity contribution is 5.41. The molecule has 0 aromatic carbocycles. The van der Waals surface area contributed by atoms with E-state index in [4.69, 9.17) is 9.72 Å². The van der Waals surface area contributed by atoms with Gasteiger partial charge in [-0.1, -0.05) is 0 Å². The van der Waals surface area contributed by atoms with Crippen LogP contribution in [0.3, 0.4) is 0 Å². The van der Waals surface area contributed by atoms with Crippen LogP contribution in [0.5, 0.6) is 5.75 Å². The van der Waals surface area contributed by atoms with Gasteiger partial charge in [-0.15, -0.1) is 0 Å². The number of ether oxygens (including phenoxy) is 1. The van der Waals surface area contributed by atoms with Gasteiger partial charge in [0.25, 0.3) is 0 Å². The Balaban J connectivity index is 1.32.